The van der Waals surface area contributed by atoms with Crippen LogP contribution in [0.5, 0.6) is 0 Å². The Kier molecular flexibility index (Phi) is 5.38. The minimum atomic E-state index is -0.881. The molecule has 0 spiro atoms. The van der Waals surface area contributed by atoms with E-state index in [4.69, 9.17) is 9.84 Å². The Hall–Kier alpha value is -1.12. The Morgan fingerprint density at radius 2 is 2.40 bits per heavy atom. The third-order valence-electron chi connectivity index (χ3n) is 2.94. The van der Waals surface area contributed by atoms with Crippen molar-refractivity contribution in [2.45, 2.75) is 19.1 Å². The number of aromatic nitrogens is 1. The summed E-state index contributed by atoms with van der Waals surface area (Å²) < 4.78 is 4.98. The standard InChI is InChI=1S/C12H16N2O4S2/c1-18-5-10-13-9(7-20-10)12(17)14-2-3-19-6-8(14)4-11(15)16/h7-8H,2-6H2,1H3,(H,15,16). The molecule has 1 aliphatic rings. The van der Waals surface area contributed by atoms with E-state index < -0.39 is 5.97 Å². The van der Waals surface area contributed by atoms with Crippen LogP contribution in [0, 0.1) is 0 Å². The van der Waals surface area contributed by atoms with Gasteiger partial charge in [-0.3, -0.25) is 9.59 Å². The molecule has 0 radical (unpaired) electrons. The molecule has 0 aromatic carbocycles. The molecule has 1 amide bonds. The predicted octanol–water partition coefficient (Wildman–Crippen LogP) is 1.32. The second-order valence-electron chi connectivity index (χ2n) is 4.38. The Balaban J connectivity index is 2.09. The van der Waals surface area contributed by atoms with Crippen LogP contribution in [0.2, 0.25) is 0 Å². The highest BCUT2D eigenvalue weighted by atomic mass is 32.2. The molecule has 110 valence electrons. The molecule has 1 atom stereocenters. The molecule has 1 aromatic rings. The normalized spacial score (nSPS) is 19.1. The number of carbonyl (C=O) groups excluding carboxylic acids is 1. The SMILES string of the molecule is COCc1nc(C(=O)N2CCSCC2CC(=O)O)cs1. The van der Waals surface area contributed by atoms with E-state index in [1.54, 1.807) is 29.2 Å². The molecule has 2 heterocycles. The van der Waals surface area contributed by atoms with Crippen LogP contribution in [0.15, 0.2) is 5.38 Å². The van der Waals surface area contributed by atoms with Gasteiger partial charge in [0.15, 0.2) is 0 Å². The van der Waals surface area contributed by atoms with Crippen LogP contribution in [0.3, 0.4) is 0 Å². The van der Waals surface area contributed by atoms with Crippen molar-refractivity contribution in [1.29, 1.82) is 0 Å². The van der Waals surface area contributed by atoms with Gasteiger partial charge in [-0.25, -0.2) is 4.98 Å². The zero-order valence-corrected chi connectivity index (χ0v) is 12.7. The van der Waals surface area contributed by atoms with Crippen LogP contribution in [-0.4, -0.2) is 58.1 Å². The number of carboxylic acid groups (broad SMARTS) is 1. The molecule has 1 N–H and O–H groups in total. The number of methoxy groups -OCH3 is 1. The van der Waals surface area contributed by atoms with E-state index in [-0.39, 0.29) is 18.4 Å². The maximum absolute atomic E-state index is 12.4. The van der Waals surface area contributed by atoms with Crippen LogP contribution in [0.25, 0.3) is 0 Å². The number of nitrogens with zero attached hydrogens (tertiary/aromatic N) is 2. The Morgan fingerprint density at radius 3 is 3.10 bits per heavy atom. The summed E-state index contributed by atoms with van der Waals surface area (Å²) in [6.07, 6.45) is -0.0200. The van der Waals surface area contributed by atoms with Crippen molar-refractivity contribution in [3.05, 3.63) is 16.1 Å². The van der Waals surface area contributed by atoms with Crippen molar-refractivity contribution >= 4 is 35.0 Å². The first-order chi connectivity index (χ1) is 9.61. The van der Waals surface area contributed by atoms with Gasteiger partial charge in [-0.2, -0.15) is 11.8 Å². The van der Waals surface area contributed by atoms with Gasteiger partial charge in [0.1, 0.15) is 10.7 Å². The summed E-state index contributed by atoms with van der Waals surface area (Å²) in [7, 11) is 1.58. The van der Waals surface area contributed by atoms with E-state index in [1.165, 1.54) is 11.3 Å². The summed E-state index contributed by atoms with van der Waals surface area (Å²) in [6.45, 7) is 0.949. The maximum Gasteiger partial charge on any atom is 0.305 e. The molecule has 0 bridgehead atoms. The van der Waals surface area contributed by atoms with Gasteiger partial charge in [0, 0.05) is 30.5 Å². The number of rotatable bonds is 5. The van der Waals surface area contributed by atoms with Gasteiger partial charge in [0.2, 0.25) is 0 Å². The third kappa shape index (κ3) is 3.71. The van der Waals surface area contributed by atoms with Crippen LogP contribution >= 0.6 is 23.1 Å². The smallest absolute Gasteiger partial charge is 0.305 e. The lowest BCUT2D eigenvalue weighted by molar-refractivity contribution is -0.138. The molecule has 2 rings (SSSR count). The van der Waals surface area contributed by atoms with E-state index in [0.717, 1.165) is 10.8 Å². The van der Waals surface area contributed by atoms with Gasteiger partial charge in [0.25, 0.3) is 5.91 Å². The van der Waals surface area contributed by atoms with E-state index >= 15 is 0 Å². The zero-order valence-electron chi connectivity index (χ0n) is 11.1. The lowest BCUT2D eigenvalue weighted by Crippen LogP contribution is -2.47. The Morgan fingerprint density at radius 1 is 1.60 bits per heavy atom. The van der Waals surface area contributed by atoms with Gasteiger partial charge in [-0.15, -0.1) is 11.3 Å². The van der Waals surface area contributed by atoms with Gasteiger partial charge in [0.05, 0.1) is 19.1 Å². The van der Waals surface area contributed by atoms with Crippen LogP contribution in [-0.2, 0) is 16.1 Å². The number of thiazole rings is 1. The maximum atomic E-state index is 12.4. The van der Waals surface area contributed by atoms with E-state index in [9.17, 15) is 9.59 Å². The molecule has 6 nitrogen and oxygen atoms in total. The summed E-state index contributed by atoms with van der Waals surface area (Å²) in [5.41, 5.74) is 0.379. The number of carbonyl (C=O) groups is 2. The van der Waals surface area contributed by atoms with E-state index in [2.05, 4.69) is 4.98 Å². The van der Waals surface area contributed by atoms with Gasteiger partial charge < -0.3 is 14.7 Å². The number of hydrogen-bond donors (Lipinski definition) is 1. The second kappa shape index (κ2) is 7.05. The largest absolute Gasteiger partial charge is 0.481 e. The van der Waals surface area contributed by atoms with Crippen molar-refractivity contribution < 1.29 is 19.4 Å². The minimum Gasteiger partial charge on any atom is -0.481 e. The molecule has 1 unspecified atom stereocenters. The van der Waals surface area contributed by atoms with Crippen molar-refractivity contribution in [3.8, 4) is 0 Å². The first-order valence-electron chi connectivity index (χ1n) is 6.15. The first-order valence-corrected chi connectivity index (χ1v) is 8.19. The zero-order chi connectivity index (χ0) is 14.5. The van der Waals surface area contributed by atoms with Crippen LogP contribution < -0.4 is 0 Å². The molecule has 1 aliphatic heterocycles. The van der Waals surface area contributed by atoms with E-state index in [1.807, 2.05) is 0 Å². The quantitative estimate of drug-likeness (QED) is 0.882. The average molecular weight is 316 g/mol. The number of thioether (sulfide) groups is 1. The van der Waals surface area contributed by atoms with Gasteiger partial charge >= 0.3 is 5.97 Å². The number of hydrogen-bond acceptors (Lipinski definition) is 6. The minimum absolute atomic E-state index is 0.0200. The van der Waals surface area contributed by atoms with Crippen LogP contribution in [0.4, 0.5) is 0 Å². The highest BCUT2D eigenvalue weighted by molar-refractivity contribution is 7.99. The topological polar surface area (TPSA) is 79.7 Å². The number of amides is 1. The summed E-state index contributed by atoms with van der Waals surface area (Å²) in [6, 6.07) is -0.258. The van der Waals surface area contributed by atoms with Crippen molar-refractivity contribution in [2.75, 3.05) is 25.2 Å². The highest BCUT2D eigenvalue weighted by Crippen LogP contribution is 2.22. The molecular weight excluding hydrogens is 300 g/mol. The number of carboxylic acids is 1. The fourth-order valence-electron chi connectivity index (χ4n) is 2.04. The number of aliphatic carboxylic acids is 1. The monoisotopic (exact) mass is 316 g/mol. The fraction of sp³-hybridized carbons (Fsp3) is 0.583. The molecule has 0 saturated carbocycles. The van der Waals surface area contributed by atoms with Crippen molar-refractivity contribution in [2.24, 2.45) is 0 Å². The highest BCUT2D eigenvalue weighted by Gasteiger charge is 2.30. The summed E-state index contributed by atoms with van der Waals surface area (Å²) in [5, 5.41) is 11.4. The first kappa shape index (κ1) is 15.3. The molecule has 1 fully saturated rings. The van der Waals surface area contributed by atoms with Crippen molar-refractivity contribution in [3.63, 3.8) is 0 Å². The van der Waals surface area contributed by atoms with Crippen LogP contribution in [0.1, 0.15) is 21.9 Å². The summed E-state index contributed by atoms with van der Waals surface area (Å²) in [5.74, 6) is 0.424. The van der Waals surface area contributed by atoms with Gasteiger partial charge in [-0.05, 0) is 0 Å². The third-order valence-corrected chi connectivity index (χ3v) is 4.85. The lowest BCUT2D eigenvalue weighted by Gasteiger charge is -2.34. The fourth-order valence-corrected chi connectivity index (χ4v) is 3.84. The van der Waals surface area contributed by atoms with E-state index in [0.29, 0.717) is 24.6 Å². The molecule has 1 saturated heterocycles. The Labute approximate surface area is 125 Å². The van der Waals surface area contributed by atoms with Crippen molar-refractivity contribution in [1.82, 2.24) is 9.88 Å². The molecule has 20 heavy (non-hydrogen) atoms. The second-order valence-corrected chi connectivity index (χ2v) is 6.48. The lowest BCUT2D eigenvalue weighted by atomic mass is 10.2. The molecule has 1 aromatic heterocycles. The number of ether oxygens (including phenoxy) is 1. The Bertz CT molecular complexity index is 492. The molecule has 8 heteroatoms. The molecular formula is C12H16N2O4S2. The summed E-state index contributed by atoms with van der Waals surface area (Å²) >= 11 is 3.06. The predicted molar refractivity (Wildman–Crippen MR) is 77.2 cm³/mol. The summed E-state index contributed by atoms with van der Waals surface area (Å²) in [4.78, 5) is 29.2. The van der Waals surface area contributed by atoms with Gasteiger partial charge in [-0.1, -0.05) is 0 Å². The average Bonchev–Trinajstić information content (AvgIpc) is 2.87. The molecule has 0 aliphatic carbocycles.